The lowest BCUT2D eigenvalue weighted by Crippen LogP contribution is -2.30. The Morgan fingerprint density at radius 2 is 1.56 bits per heavy atom. The molecule has 0 fully saturated rings. The van der Waals surface area contributed by atoms with E-state index < -0.39 is 34.8 Å². The zero-order valence-electron chi connectivity index (χ0n) is 17.2. The number of amides is 2. The molecule has 0 unspecified atom stereocenters. The molecule has 0 atom stereocenters. The Morgan fingerprint density at radius 1 is 0.912 bits per heavy atom. The summed E-state index contributed by atoms with van der Waals surface area (Å²) in [5, 5.41) is 8.00. The molecule has 10 heteroatoms. The molecule has 3 aromatic carbocycles. The summed E-state index contributed by atoms with van der Waals surface area (Å²) in [5.41, 5.74) is -0.124. The van der Waals surface area contributed by atoms with Crippen molar-refractivity contribution >= 4 is 29.2 Å². The first-order valence-electron chi connectivity index (χ1n) is 9.99. The van der Waals surface area contributed by atoms with Gasteiger partial charge in [-0.25, -0.2) is 8.78 Å². The second-order valence-corrected chi connectivity index (χ2v) is 7.88. The molecule has 2 amide bonds. The SMILES string of the molecule is O=C(c1cc(Cl)ccc1-n1cnnc1CN1C(=O)c2ccccc2C1=O)c1c(F)cccc1F. The van der Waals surface area contributed by atoms with E-state index in [1.165, 1.54) is 29.1 Å². The van der Waals surface area contributed by atoms with Gasteiger partial charge in [-0.1, -0.05) is 29.8 Å². The van der Waals surface area contributed by atoms with Crippen LogP contribution >= 0.6 is 11.6 Å². The van der Waals surface area contributed by atoms with Gasteiger partial charge in [-0.2, -0.15) is 0 Å². The van der Waals surface area contributed by atoms with E-state index in [0.29, 0.717) is 0 Å². The first-order chi connectivity index (χ1) is 16.4. The maximum Gasteiger partial charge on any atom is 0.261 e. The third-order valence-electron chi connectivity index (χ3n) is 5.45. The molecule has 0 spiro atoms. The number of hydrogen-bond acceptors (Lipinski definition) is 5. The van der Waals surface area contributed by atoms with E-state index in [4.69, 9.17) is 11.6 Å². The molecule has 2 heterocycles. The molecule has 7 nitrogen and oxygen atoms in total. The van der Waals surface area contributed by atoms with Crippen molar-refractivity contribution in [3.8, 4) is 5.69 Å². The van der Waals surface area contributed by atoms with Crippen molar-refractivity contribution in [2.24, 2.45) is 0 Å². The van der Waals surface area contributed by atoms with Crippen molar-refractivity contribution in [1.29, 1.82) is 0 Å². The van der Waals surface area contributed by atoms with E-state index in [1.54, 1.807) is 24.3 Å². The highest BCUT2D eigenvalue weighted by Gasteiger charge is 2.36. The predicted molar refractivity (Wildman–Crippen MR) is 117 cm³/mol. The van der Waals surface area contributed by atoms with Crippen LogP contribution in [0.5, 0.6) is 0 Å². The van der Waals surface area contributed by atoms with E-state index >= 15 is 0 Å². The number of hydrogen-bond donors (Lipinski definition) is 0. The number of carbonyl (C=O) groups excluding carboxylic acids is 3. The summed E-state index contributed by atoms with van der Waals surface area (Å²) in [6.07, 6.45) is 1.27. The van der Waals surface area contributed by atoms with Gasteiger partial charge in [0.25, 0.3) is 11.8 Å². The molecule has 4 aromatic rings. The van der Waals surface area contributed by atoms with E-state index in [9.17, 15) is 23.2 Å². The van der Waals surface area contributed by atoms with E-state index in [-0.39, 0.29) is 39.8 Å². The molecule has 0 N–H and O–H groups in total. The zero-order chi connectivity index (χ0) is 24.0. The molecule has 0 bridgehead atoms. The zero-order valence-corrected chi connectivity index (χ0v) is 18.0. The van der Waals surface area contributed by atoms with Crippen LogP contribution in [0.25, 0.3) is 5.69 Å². The smallest absolute Gasteiger partial charge is 0.261 e. The van der Waals surface area contributed by atoms with Crippen molar-refractivity contribution in [3.63, 3.8) is 0 Å². The third-order valence-corrected chi connectivity index (χ3v) is 5.68. The van der Waals surface area contributed by atoms with Gasteiger partial charge in [0.15, 0.2) is 5.82 Å². The van der Waals surface area contributed by atoms with Crippen molar-refractivity contribution in [3.05, 3.63) is 112 Å². The second kappa shape index (κ2) is 8.27. The van der Waals surface area contributed by atoms with Gasteiger partial charge in [-0.15, -0.1) is 10.2 Å². The van der Waals surface area contributed by atoms with Crippen molar-refractivity contribution in [1.82, 2.24) is 19.7 Å². The molecule has 168 valence electrons. The number of benzene rings is 3. The molecular formula is C24H13ClF2N4O3. The fraction of sp³-hybridized carbons (Fsp3) is 0.0417. The van der Waals surface area contributed by atoms with Crippen LogP contribution in [0.3, 0.4) is 0 Å². The van der Waals surface area contributed by atoms with Crippen molar-refractivity contribution in [2.75, 3.05) is 0 Å². The summed E-state index contributed by atoms with van der Waals surface area (Å²) < 4.78 is 30.0. The van der Waals surface area contributed by atoms with E-state index in [0.717, 1.165) is 23.1 Å². The summed E-state index contributed by atoms with van der Waals surface area (Å²) in [7, 11) is 0. The average molecular weight is 479 g/mol. The Bertz CT molecular complexity index is 1450. The number of nitrogens with zero attached hydrogens (tertiary/aromatic N) is 4. The maximum absolute atomic E-state index is 14.3. The van der Waals surface area contributed by atoms with Crippen molar-refractivity contribution < 1.29 is 23.2 Å². The van der Waals surface area contributed by atoms with Crippen LogP contribution in [0.4, 0.5) is 8.78 Å². The van der Waals surface area contributed by atoms with Crippen molar-refractivity contribution in [2.45, 2.75) is 6.54 Å². The predicted octanol–water partition coefficient (Wildman–Crippen LogP) is 4.23. The van der Waals surface area contributed by atoms with E-state index in [1.807, 2.05) is 0 Å². The molecule has 0 radical (unpaired) electrons. The van der Waals surface area contributed by atoms with Gasteiger partial charge in [0, 0.05) is 10.6 Å². The van der Waals surface area contributed by atoms with E-state index in [2.05, 4.69) is 10.2 Å². The number of fused-ring (bicyclic) bond motifs is 1. The van der Waals surface area contributed by atoms with Gasteiger partial charge in [0.1, 0.15) is 18.0 Å². The Morgan fingerprint density at radius 3 is 2.21 bits per heavy atom. The molecule has 0 aliphatic carbocycles. The fourth-order valence-corrected chi connectivity index (χ4v) is 4.01. The highest BCUT2D eigenvalue weighted by atomic mass is 35.5. The fourth-order valence-electron chi connectivity index (χ4n) is 3.84. The minimum atomic E-state index is -1.02. The van der Waals surface area contributed by atoms with Crippen LogP contribution in [-0.2, 0) is 6.54 Å². The quantitative estimate of drug-likeness (QED) is 0.316. The van der Waals surface area contributed by atoms with Gasteiger partial charge < -0.3 is 0 Å². The largest absolute Gasteiger partial charge is 0.288 e. The molecular weight excluding hydrogens is 466 g/mol. The number of rotatable bonds is 5. The Labute approximate surface area is 196 Å². The summed E-state index contributed by atoms with van der Waals surface area (Å²) in [6.45, 7) is -0.239. The van der Waals surface area contributed by atoms with Crippen LogP contribution in [0.1, 0.15) is 42.5 Å². The number of carbonyl (C=O) groups is 3. The lowest BCUT2D eigenvalue weighted by molar-refractivity contribution is 0.0637. The van der Waals surface area contributed by atoms with Gasteiger partial charge in [-0.05, 0) is 42.5 Å². The number of halogens is 3. The number of aromatic nitrogens is 3. The standard InChI is InChI=1S/C24H13ClF2N4O3/c25-13-8-9-19(16(10-13)22(32)21-17(26)6-3-7-18(21)27)31-12-28-29-20(31)11-30-23(33)14-4-1-2-5-15(14)24(30)34/h1-10,12H,11H2. The summed E-state index contributed by atoms with van der Waals surface area (Å²) >= 11 is 6.08. The summed E-state index contributed by atoms with van der Waals surface area (Å²) in [5.74, 6) is -3.81. The first kappa shape index (κ1) is 21.6. The lowest BCUT2D eigenvalue weighted by Gasteiger charge is -2.16. The van der Waals surface area contributed by atoms with Crippen LogP contribution in [-0.4, -0.2) is 37.3 Å². The lowest BCUT2D eigenvalue weighted by atomic mass is 10.0. The third kappa shape index (κ3) is 3.46. The highest BCUT2D eigenvalue weighted by molar-refractivity contribution is 6.31. The molecule has 0 saturated heterocycles. The minimum Gasteiger partial charge on any atom is -0.288 e. The Balaban J connectivity index is 1.56. The second-order valence-electron chi connectivity index (χ2n) is 7.45. The van der Waals surface area contributed by atoms with Gasteiger partial charge >= 0.3 is 0 Å². The number of ketones is 1. The monoisotopic (exact) mass is 478 g/mol. The van der Waals surface area contributed by atoms with Gasteiger partial charge in [0.2, 0.25) is 5.78 Å². The molecule has 1 aromatic heterocycles. The summed E-state index contributed by atoms with van der Waals surface area (Å²) in [4.78, 5) is 39.7. The highest BCUT2D eigenvalue weighted by Crippen LogP contribution is 2.28. The molecule has 34 heavy (non-hydrogen) atoms. The molecule has 1 aliphatic heterocycles. The molecule has 1 aliphatic rings. The summed E-state index contributed by atoms with van der Waals surface area (Å²) in [6, 6.07) is 13.8. The van der Waals surface area contributed by atoms with Gasteiger partial charge in [-0.3, -0.25) is 23.9 Å². The topological polar surface area (TPSA) is 85.2 Å². The minimum absolute atomic E-state index is 0.111. The normalized spacial score (nSPS) is 12.9. The van der Waals surface area contributed by atoms with Crippen LogP contribution in [0.2, 0.25) is 5.02 Å². The number of imide groups is 1. The van der Waals surface area contributed by atoms with Crippen LogP contribution < -0.4 is 0 Å². The maximum atomic E-state index is 14.3. The molecule has 0 saturated carbocycles. The first-order valence-corrected chi connectivity index (χ1v) is 10.4. The Kier molecular flexibility index (Phi) is 5.25. The Hall–Kier alpha value is -4.24. The van der Waals surface area contributed by atoms with Crippen LogP contribution in [0.15, 0.2) is 67.0 Å². The molecule has 5 rings (SSSR count). The van der Waals surface area contributed by atoms with Crippen LogP contribution in [0, 0.1) is 11.6 Å². The average Bonchev–Trinajstić information content (AvgIpc) is 3.38. The van der Waals surface area contributed by atoms with Gasteiger partial charge in [0.05, 0.1) is 28.9 Å².